The summed E-state index contributed by atoms with van der Waals surface area (Å²) in [5.74, 6) is -1.72. The quantitative estimate of drug-likeness (QED) is 0.705. The summed E-state index contributed by atoms with van der Waals surface area (Å²) >= 11 is 0. The van der Waals surface area contributed by atoms with Gasteiger partial charge in [0.05, 0.1) is 12.6 Å². The van der Waals surface area contributed by atoms with Gasteiger partial charge in [-0.1, -0.05) is 12.8 Å². The number of hydrogen-bond acceptors (Lipinski definition) is 5. The maximum absolute atomic E-state index is 14.4. The number of amides is 1. The highest BCUT2D eigenvalue weighted by molar-refractivity contribution is 5.81. The first-order chi connectivity index (χ1) is 14.0. The lowest BCUT2D eigenvalue weighted by molar-refractivity contribution is -0.148. The van der Waals surface area contributed by atoms with Gasteiger partial charge >= 0.3 is 12.1 Å². The van der Waals surface area contributed by atoms with Crippen LogP contribution in [0, 0.1) is 11.6 Å². The monoisotopic (exact) mass is 424 g/mol. The second-order valence-corrected chi connectivity index (χ2v) is 9.26. The molecule has 0 radical (unpaired) electrons. The Morgan fingerprint density at radius 2 is 1.80 bits per heavy atom. The molecule has 8 heteroatoms. The first kappa shape index (κ1) is 22.5. The predicted octanol–water partition coefficient (Wildman–Crippen LogP) is 3.71. The molecule has 1 aromatic rings. The number of benzene rings is 1. The molecular formula is C22H30F2N2O4. The summed E-state index contributed by atoms with van der Waals surface area (Å²) in [4.78, 5) is 25.1. The summed E-state index contributed by atoms with van der Waals surface area (Å²) in [6.45, 7) is 5.34. The van der Waals surface area contributed by atoms with Gasteiger partial charge < -0.3 is 14.8 Å². The van der Waals surface area contributed by atoms with Crippen molar-refractivity contribution in [2.45, 2.75) is 76.0 Å². The summed E-state index contributed by atoms with van der Waals surface area (Å²) < 4.78 is 38.9. The van der Waals surface area contributed by atoms with Crippen molar-refractivity contribution in [3.05, 3.63) is 34.9 Å². The fourth-order valence-corrected chi connectivity index (χ4v) is 4.56. The lowest BCUT2D eigenvalue weighted by atomic mass is 9.89. The van der Waals surface area contributed by atoms with Crippen LogP contribution in [0.5, 0.6) is 0 Å². The minimum atomic E-state index is -1.11. The Balaban J connectivity index is 1.94. The van der Waals surface area contributed by atoms with Crippen LogP contribution in [0.1, 0.15) is 64.0 Å². The molecule has 0 aliphatic heterocycles. The van der Waals surface area contributed by atoms with Crippen LogP contribution in [-0.2, 0) is 26.2 Å². The Kier molecular flexibility index (Phi) is 6.09. The number of fused-ring (bicyclic) bond motifs is 1. The minimum Gasteiger partial charge on any atom is -0.468 e. The number of methoxy groups -OCH3 is 1. The van der Waals surface area contributed by atoms with Crippen molar-refractivity contribution in [1.82, 2.24) is 10.6 Å². The largest absolute Gasteiger partial charge is 0.468 e. The number of esters is 1. The van der Waals surface area contributed by atoms with Gasteiger partial charge in [-0.25, -0.2) is 13.6 Å². The van der Waals surface area contributed by atoms with Crippen LogP contribution >= 0.6 is 0 Å². The number of carbonyl (C=O) groups excluding carboxylic acids is 2. The maximum atomic E-state index is 14.4. The molecule has 0 spiro atoms. The highest BCUT2D eigenvalue weighted by Gasteiger charge is 2.47. The Bertz CT molecular complexity index is 831. The molecule has 2 N–H and O–H groups in total. The van der Waals surface area contributed by atoms with Gasteiger partial charge in [0, 0.05) is 12.6 Å². The van der Waals surface area contributed by atoms with Gasteiger partial charge in [-0.05, 0) is 63.6 Å². The highest BCUT2D eigenvalue weighted by atomic mass is 19.1. The standard InChI is InChI=1S/C22H30F2N2O4/c1-20(2,3)30-19(28)26-22(10-7-15-16(22)11-14(23)12-17(15)24)13-25-21(18(27)29-4)8-5-6-9-21/h11-12,25H,5-10,13H2,1-4H3,(H,26,28). The van der Waals surface area contributed by atoms with Gasteiger partial charge in [-0.15, -0.1) is 0 Å². The van der Waals surface area contributed by atoms with Crippen LogP contribution in [0.25, 0.3) is 0 Å². The van der Waals surface area contributed by atoms with Crippen LogP contribution in [-0.4, -0.2) is 36.9 Å². The van der Waals surface area contributed by atoms with E-state index in [-0.39, 0.29) is 12.5 Å². The number of carbonyl (C=O) groups is 2. The molecule has 2 aliphatic carbocycles. The highest BCUT2D eigenvalue weighted by Crippen LogP contribution is 2.40. The van der Waals surface area contributed by atoms with Gasteiger partial charge in [0.1, 0.15) is 22.8 Å². The van der Waals surface area contributed by atoms with E-state index in [1.54, 1.807) is 20.8 Å². The van der Waals surface area contributed by atoms with E-state index in [0.717, 1.165) is 18.9 Å². The average Bonchev–Trinajstić information content (AvgIpc) is 3.25. The van der Waals surface area contributed by atoms with E-state index in [1.807, 2.05) is 0 Å². The predicted molar refractivity (Wildman–Crippen MR) is 107 cm³/mol. The molecule has 0 heterocycles. The molecule has 0 saturated heterocycles. The topological polar surface area (TPSA) is 76.7 Å². The Morgan fingerprint density at radius 1 is 1.13 bits per heavy atom. The number of rotatable bonds is 5. The molecular weight excluding hydrogens is 394 g/mol. The molecule has 6 nitrogen and oxygen atoms in total. The summed E-state index contributed by atoms with van der Waals surface area (Å²) in [6.07, 6.45) is 2.96. The van der Waals surface area contributed by atoms with E-state index < -0.39 is 34.4 Å². The Hall–Kier alpha value is -2.22. The van der Waals surface area contributed by atoms with E-state index in [0.29, 0.717) is 36.8 Å². The Morgan fingerprint density at radius 3 is 2.40 bits per heavy atom. The van der Waals surface area contributed by atoms with Crippen LogP contribution in [0.2, 0.25) is 0 Å². The van der Waals surface area contributed by atoms with Crippen molar-refractivity contribution in [3.8, 4) is 0 Å². The molecule has 1 fully saturated rings. The molecule has 1 aromatic carbocycles. The molecule has 1 amide bonds. The summed E-state index contributed by atoms with van der Waals surface area (Å²) in [5, 5.41) is 6.14. The van der Waals surface area contributed by atoms with Crippen molar-refractivity contribution in [3.63, 3.8) is 0 Å². The number of hydrogen-bond donors (Lipinski definition) is 2. The van der Waals surface area contributed by atoms with E-state index in [1.165, 1.54) is 13.2 Å². The van der Waals surface area contributed by atoms with Crippen LogP contribution in [0.4, 0.5) is 13.6 Å². The van der Waals surface area contributed by atoms with Crippen molar-refractivity contribution in [2.24, 2.45) is 0 Å². The van der Waals surface area contributed by atoms with Crippen molar-refractivity contribution < 1.29 is 27.8 Å². The summed E-state index contributed by atoms with van der Waals surface area (Å²) in [5.41, 5.74) is -1.97. The third kappa shape index (κ3) is 4.43. The smallest absolute Gasteiger partial charge is 0.408 e. The van der Waals surface area contributed by atoms with Gasteiger partial charge in [-0.2, -0.15) is 0 Å². The second-order valence-electron chi connectivity index (χ2n) is 9.26. The van der Waals surface area contributed by atoms with Crippen LogP contribution < -0.4 is 10.6 Å². The van der Waals surface area contributed by atoms with E-state index in [4.69, 9.17) is 9.47 Å². The number of nitrogens with one attached hydrogen (secondary N) is 2. The molecule has 3 rings (SSSR count). The Labute approximate surface area is 175 Å². The zero-order valence-corrected chi connectivity index (χ0v) is 18.0. The zero-order chi connectivity index (χ0) is 22.2. The molecule has 1 saturated carbocycles. The number of ether oxygens (including phenoxy) is 2. The SMILES string of the molecule is COC(=O)C1(NCC2(NC(=O)OC(C)(C)C)CCc3c(F)cc(F)cc32)CCCC1. The molecule has 2 aliphatic rings. The molecule has 30 heavy (non-hydrogen) atoms. The van der Waals surface area contributed by atoms with Crippen LogP contribution in [0.15, 0.2) is 12.1 Å². The molecule has 0 aromatic heterocycles. The van der Waals surface area contributed by atoms with Crippen molar-refractivity contribution >= 4 is 12.1 Å². The summed E-state index contributed by atoms with van der Waals surface area (Å²) in [6, 6.07) is 2.10. The zero-order valence-electron chi connectivity index (χ0n) is 18.0. The second kappa shape index (κ2) is 8.13. The van der Waals surface area contributed by atoms with Crippen LogP contribution in [0.3, 0.4) is 0 Å². The lowest BCUT2D eigenvalue weighted by Crippen LogP contribution is -2.59. The van der Waals surface area contributed by atoms with E-state index >= 15 is 0 Å². The fraction of sp³-hybridized carbons (Fsp3) is 0.636. The van der Waals surface area contributed by atoms with Gasteiger partial charge in [0.2, 0.25) is 0 Å². The van der Waals surface area contributed by atoms with E-state index in [9.17, 15) is 18.4 Å². The molecule has 166 valence electrons. The normalized spacial score (nSPS) is 22.5. The fourth-order valence-electron chi connectivity index (χ4n) is 4.56. The maximum Gasteiger partial charge on any atom is 0.408 e. The first-order valence-electron chi connectivity index (χ1n) is 10.3. The lowest BCUT2D eigenvalue weighted by Gasteiger charge is -2.37. The van der Waals surface area contributed by atoms with Crippen molar-refractivity contribution in [2.75, 3.05) is 13.7 Å². The third-order valence-electron chi connectivity index (χ3n) is 5.98. The van der Waals surface area contributed by atoms with Crippen molar-refractivity contribution in [1.29, 1.82) is 0 Å². The van der Waals surface area contributed by atoms with Gasteiger partial charge in [0.15, 0.2) is 0 Å². The molecule has 1 atom stereocenters. The minimum absolute atomic E-state index is 0.122. The number of halogens is 2. The molecule has 0 bridgehead atoms. The summed E-state index contributed by atoms with van der Waals surface area (Å²) in [7, 11) is 1.34. The molecule has 1 unspecified atom stereocenters. The number of alkyl carbamates (subject to hydrolysis) is 1. The average molecular weight is 424 g/mol. The third-order valence-corrected chi connectivity index (χ3v) is 5.98. The first-order valence-corrected chi connectivity index (χ1v) is 10.3. The van der Waals surface area contributed by atoms with Gasteiger partial charge in [-0.3, -0.25) is 10.1 Å². The van der Waals surface area contributed by atoms with Gasteiger partial charge in [0.25, 0.3) is 0 Å². The van der Waals surface area contributed by atoms with E-state index in [2.05, 4.69) is 10.6 Å².